The van der Waals surface area contributed by atoms with Crippen LogP contribution in [0.5, 0.6) is 0 Å². The van der Waals surface area contributed by atoms with E-state index >= 15 is 0 Å². The van der Waals surface area contributed by atoms with Crippen molar-refractivity contribution in [2.24, 2.45) is 0 Å². The summed E-state index contributed by atoms with van der Waals surface area (Å²) >= 11 is 1.45. The maximum absolute atomic E-state index is 11.6. The SMILES string of the molecule is Cc1nnc(NC(C)C(=O)NC2CC2)s1. The van der Waals surface area contributed by atoms with E-state index in [0.29, 0.717) is 11.2 Å². The zero-order valence-corrected chi connectivity index (χ0v) is 9.60. The first-order valence-electron chi connectivity index (χ1n) is 5.02. The van der Waals surface area contributed by atoms with Gasteiger partial charge in [0.2, 0.25) is 11.0 Å². The lowest BCUT2D eigenvalue weighted by Crippen LogP contribution is -2.38. The Morgan fingerprint density at radius 2 is 2.27 bits per heavy atom. The normalized spacial score (nSPS) is 17.2. The first kappa shape index (κ1) is 10.4. The summed E-state index contributed by atoms with van der Waals surface area (Å²) in [5.41, 5.74) is 0. The summed E-state index contributed by atoms with van der Waals surface area (Å²) in [6, 6.07) is 0.149. The third kappa shape index (κ3) is 2.89. The van der Waals surface area contributed by atoms with Gasteiger partial charge in [-0.15, -0.1) is 10.2 Å². The van der Waals surface area contributed by atoms with Gasteiger partial charge < -0.3 is 10.6 Å². The van der Waals surface area contributed by atoms with Gasteiger partial charge in [0.25, 0.3) is 0 Å². The highest BCUT2D eigenvalue weighted by molar-refractivity contribution is 7.15. The molecule has 1 aromatic rings. The molecule has 1 fully saturated rings. The van der Waals surface area contributed by atoms with Gasteiger partial charge in [-0.3, -0.25) is 4.79 Å². The number of carbonyl (C=O) groups is 1. The average Bonchev–Trinajstić information content (AvgIpc) is 2.90. The van der Waals surface area contributed by atoms with E-state index in [9.17, 15) is 4.79 Å². The molecule has 1 amide bonds. The molecule has 0 bridgehead atoms. The minimum atomic E-state index is -0.252. The van der Waals surface area contributed by atoms with Gasteiger partial charge in [-0.25, -0.2) is 0 Å². The van der Waals surface area contributed by atoms with Gasteiger partial charge in [0.1, 0.15) is 11.0 Å². The van der Waals surface area contributed by atoms with Crippen LogP contribution < -0.4 is 10.6 Å². The third-order valence-electron chi connectivity index (χ3n) is 2.18. The average molecular weight is 226 g/mol. The second kappa shape index (κ2) is 4.14. The molecule has 1 aliphatic carbocycles. The van der Waals surface area contributed by atoms with Crippen molar-refractivity contribution in [3.05, 3.63) is 5.01 Å². The quantitative estimate of drug-likeness (QED) is 0.801. The highest BCUT2D eigenvalue weighted by Crippen LogP contribution is 2.19. The molecule has 1 aromatic heterocycles. The molecule has 2 rings (SSSR count). The molecule has 0 radical (unpaired) electrons. The van der Waals surface area contributed by atoms with Crippen LogP contribution in [-0.2, 0) is 4.79 Å². The standard InChI is InChI=1S/C9H14N4OS/c1-5(8(14)11-7-3-4-7)10-9-13-12-6(2)15-9/h5,7H,3-4H2,1-2H3,(H,10,13)(H,11,14). The summed E-state index contributed by atoms with van der Waals surface area (Å²) < 4.78 is 0. The monoisotopic (exact) mass is 226 g/mol. The molecule has 0 saturated heterocycles. The Morgan fingerprint density at radius 1 is 1.53 bits per heavy atom. The van der Waals surface area contributed by atoms with Crippen molar-refractivity contribution in [3.8, 4) is 0 Å². The number of anilines is 1. The maximum Gasteiger partial charge on any atom is 0.242 e. The van der Waals surface area contributed by atoms with Crippen LogP contribution in [-0.4, -0.2) is 28.2 Å². The van der Waals surface area contributed by atoms with Crippen molar-refractivity contribution >= 4 is 22.4 Å². The van der Waals surface area contributed by atoms with Crippen LogP contribution in [0.1, 0.15) is 24.8 Å². The molecule has 6 heteroatoms. The Hall–Kier alpha value is -1.17. The molecular formula is C9H14N4OS. The van der Waals surface area contributed by atoms with E-state index in [1.165, 1.54) is 11.3 Å². The largest absolute Gasteiger partial charge is 0.352 e. The predicted molar refractivity (Wildman–Crippen MR) is 58.9 cm³/mol. The Labute approximate surface area is 92.3 Å². The highest BCUT2D eigenvalue weighted by Gasteiger charge is 2.25. The summed E-state index contributed by atoms with van der Waals surface area (Å²) in [6.07, 6.45) is 2.22. The lowest BCUT2D eigenvalue weighted by atomic mass is 10.3. The smallest absolute Gasteiger partial charge is 0.242 e. The summed E-state index contributed by atoms with van der Waals surface area (Å²) in [5, 5.41) is 15.3. The molecule has 0 spiro atoms. The maximum atomic E-state index is 11.6. The first-order valence-corrected chi connectivity index (χ1v) is 5.84. The molecular weight excluding hydrogens is 212 g/mol. The fraction of sp³-hybridized carbons (Fsp3) is 0.667. The van der Waals surface area contributed by atoms with Crippen LogP contribution >= 0.6 is 11.3 Å². The summed E-state index contributed by atoms with van der Waals surface area (Å²) in [6.45, 7) is 3.71. The van der Waals surface area contributed by atoms with Crippen molar-refractivity contribution < 1.29 is 4.79 Å². The lowest BCUT2D eigenvalue weighted by molar-refractivity contribution is -0.121. The van der Waals surface area contributed by atoms with E-state index < -0.39 is 0 Å². The summed E-state index contributed by atoms with van der Waals surface area (Å²) in [5.74, 6) is 0.0327. The molecule has 15 heavy (non-hydrogen) atoms. The number of aryl methyl sites for hydroxylation is 1. The number of nitrogens with zero attached hydrogens (tertiary/aromatic N) is 2. The zero-order valence-electron chi connectivity index (χ0n) is 8.78. The third-order valence-corrected chi connectivity index (χ3v) is 2.95. The molecule has 82 valence electrons. The van der Waals surface area contributed by atoms with Gasteiger partial charge in [-0.05, 0) is 26.7 Å². The van der Waals surface area contributed by atoms with E-state index in [1.54, 1.807) is 0 Å². The Kier molecular flexibility index (Phi) is 2.86. The summed E-state index contributed by atoms with van der Waals surface area (Å²) in [7, 11) is 0. The van der Waals surface area contributed by atoms with Crippen molar-refractivity contribution in [2.45, 2.75) is 38.8 Å². The molecule has 5 nitrogen and oxygen atoms in total. The first-order chi connectivity index (χ1) is 7.15. The van der Waals surface area contributed by atoms with Gasteiger partial charge >= 0.3 is 0 Å². The van der Waals surface area contributed by atoms with Crippen molar-refractivity contribution in [1.29, 1.82) is 0 Å². The van der Waals surface area contributed by atoms with Crippen LogP contribution in [0.2, 0.25) is 0 Å². The molecule has 1 aliphatic rings. The number of nitrogens with one attached hydrogen (secondary N) is 2. The number of amides is 1. The molecule has 2 N–H and O–H groups in total. The topological polar surface area (TPSA) is 66.9 Å². The van der Waals surface area contributed by atoms with Crippen LogP contribution in [0.4, 0.5) is 5.13 Å². The molecule has 1 heterocycles. The van der Waals surface area contributed by atoms with Gasteiger partial charge in [-0.2, -0.15) is 0 Å². The van der Waals surface area contributed by atoms with E-state index in [-0.39, 0.29) is 11.9 Å². The van der Waals surface area contributed by atoms with E-state index in [0.717, 1.165) is 17.8 Å². The van der Waals surface area contributed by atoms with Crippen molar-refractivity contribution in [2.75, 3.05) is 5.32 Å². The van der Waals surface area contributed by atoms with Gasteiger partial charge in [0.05, 0.1) is 0 Å². The fourth-order valence-corrected chi connectivity index (χ4v) is 1.84. The molecule has 0 aliphatic heterocycles. The van der Waals surface area contributed by atoms with Crippen molar-refractivity contribution in [3.63, 3.8) is 0 Å². The number of hydrogen-bond acceptors (Lipinski definition) is 5. The zero-order chi connectivity index (χ0) is 10.8. The molecule has 1 atom stereocenters. The fourth-order valence-electron chi connectivity index (χ4n) is 1.16. The van der Waals surface area contributed by atoms with Crippen LogP contribution in [0.25, 0.3) is 0 Å². The molecule has 0 aromatic carbocycles. The van der Waals surface area contributed by atoms with E-state index in [1.807, 2.05) is 13.8 Å². The number of hydrogen-bond donors (Lipinski definition) is 2. The van der Waals surface area contributed by atoms with Crippen LogP contribution in [0, 0.1) is 6.92 Å². The number of aromatic nitrogens is 2. The van der Waals surface area contributed by atoms with Gasteiger partial charge in [-0.1, -0.05) is 11.3 Å². The minimum absolute atomic E-state index is 0.0327. The molecule has 1 saturated carbocycles. The second-order valence-corrected chi connectivity index (χ2v) is 4.96. The number of rotatable bonds is 4. The molecule has 1 unspecified atom stereocenters. The van der Waals surface area contributed by atoms with E-state index in [2.05, 4.69) is 20.8 Å². The van der Waals surface area contributed by atoms with E-state index in [4.69, 9.17) is 0 Å². The van der Waals surface area contributed by atoms with Crippen LogP contribution in [0.3, 0.4) is 0 Å². The number of carbonyl (C=O) groups excluding carboxylic acids is 1. The van der Waals surface area contributed by atoms with Gasteiger partial charge in [0, 0.05) is 6.04 Å². The highest BCUT2D eigenvalue weighted by atomic mass is 32.1. The lowest BCUT2D eigenvalue weighted by Gasteiger charge is -2.11. The Morgan fingerprint density at radius 3 is 2.80 bits per heavy atom. The van der Waals surface area contributed by atoms with Crippen molar-refractivity contribution in [1.82, 2.24) is 15.5 Å². The summed E-state index contributed by atoms with van der Waals surface area (Å²) in [4.78, 5) is 11.6. The Balaban J connectivity index is 1.84. The Bertz CT molecular complexity index is 361. The van der Waals surface area contributed by atoms with Crippen LogP contribution in [0.15, 0.2) is 0 Å². The minimum Gasteiger partial charge on any atom is -0.352 e. The predicted octanol–water partition coefficient (Wildman–Crippen LogP) is 0.926. The second-order valence-electron chi connectivity index (χ2n) is 3.78. The van der Waals surface area contributed by atoms with Gasteiger partial charge in [0.15, 0.2) is 0 Å².